The highest BCUT2D eigenvalue weighted by Gasteiger charge is 2.25. The van der Waals surface area contributed by atoms with Gasteiger partial charge in [0.1, 0.15) is 0 Å². The molecule has 1 aliphatic rings. The number of carbonyl (C=O) groups excluding carboxylic acids is 3. The van der Waals surface area contributed by atoms with E-state index in [1.807, 2.05) is 18.2 Å². The van der Waals surface area contributed by atoms with Gasteiger partial charge in [0.15, 0.2) is 10.9 Å². The number of aromatic nitrogens is 1. The average molecular weight is 436 g/mol. The van der Waals surface area contributed by atoms with Gasteiger partial charge in [0, 0.05) is 34.5 Å². The molecule has 1 N–H and O–H groups in total. The largest absolute Gasteiger partial charge is 0.450 e. The summed E-state index contributed by atoms with van der Waals surface area (Å²) in [6.45, 7) is 3.08. The third-order valence-electron chi connectivity index (χ3n) is 4.92. The molecule has 0 saturated carbocycles. The molecule has 0 radical (unpaired) electrons. The van der Waals surface area contributed by atoms with Gasteiger partial charge in [0.05, 0.1) is 18.8 Å². The highest BCUT2D eigenvalue weighted by Crippen LogP contribution is 2.29. The van der Waals surface area contributed by atoms with Crippen LogP contribution in [0.1, 0.15) is 43.8 Å². The van der Waals surface area contributed by atoms with Crippen LogP contribution < -0.4 is 5.32 Å². The quantitative estimate of drug-likeness (QED) is 0.609. The first-order chi connectivity index (χ1) is 15.0. The number of thiazole rings is 1. The molecule has 2 heterocycles. The van der Waals surface area contributed by atoms with Crippen molar-refractivity contribution in [2.24, 2.45) is 0 Å². The van der Waals surface area contributed by atoms with E-state index in [1.165, 1.54) is 11.3 Å². The number of anilines is 1. The summed E-state index contributed by atoms with van der Waals surface area (Å²) in [5.74, 6) is -0.390. The fourth-order valence-corrected chi connectivity index (χ4v) is 4.34. The van der Waals surface area contributed by atoms with E-state index in [0.717, 1.165) is 10.6 Å². The lowest BCUT2D eigenvalue weighted by atomic mass is 10.0. The lowest BCUT2D eigenvalue weighted by Gasteiger charge is -2.24. The molecule has 2 aromatic carbocycles. The van der Waals surface area contributed by atoms with Crippen molar-refractivity contribution in [1.82, 2.24) is 9.88 Å². The number of ether oxygens (including phenoxy) is 1. The van der Waals surface area contributed by atoms with Gasteiger partial charge in [-0.25, -0.2) is 9.78 Å². The topological polar surface area (TPSA) is 88.6 Å². The molecule has 31 heavy (non-hydrogen) atoms. The molecule has 158 valence electrons. The molecule has 1 aromatic heterocycles. The number of fused-ring (bicyclic) bond motifs is 1. The Balaban J connectivity index is 1.41. The second-order valence-corrected chi connectivity index (χ2v) is 8.07. The van der Waals surface area contributed by atoms with E-state index in [9.17, 15) is 14.4 Å². The van der Waals surface area contributed by atoms with Gasteiger partial charge in [0.25, 0.3) is 5.91 Å². The predicted octanol–water partition coefficient (Wildman–Crippen LogP) is 4.14. The van der Waals surface area contributed by atoms with Crippen LogP contribution in [0.2, 0.25) is 0 Å². The van der Waals surface area contributed by atoms with Crippen molar-refractivity contribution in [3.8, 4) is 0 Å². The van der Waals surface area contributed by atoms with Gasteiger partial charge in [0.2, 0.25) is 0 Å². The van der Waals surface area contributed by atoms with Crippen molar-refractivity contribution in [2.45, 2.75) is 19.9 Å². The molecule has 1 aliphatic heterocycles. The number of rotatable bonds is 5. The fraction of sp³-hybridized carbons (Fsp3) is 0.217. The predicted molar refractivity (Wildman–Crippen MR) is 118 cm³/mol. The first kappa shape index (κ1) is 20.7. The van der Waals surface area contributed by atoms with E-state index >= 15 is 0 Å². The number of carbonyl (C=O) groups is 3. The second-order valence-electron chi connectivity index (χ2n) is 6.99. The summed E-state index contributed by atoms with van der Waals surface area (Å²) in [6, 6.07) is 15.6. The molecule has 0 unspecified atom stereocenters. The fourth-order valence-electron chi connectivity index (χ4n) is 3.32. The standard InChI is InChI=1S/C23H21N3O4S/c1-2-30-23(29)26-13-12-18-19(14-26)31-22(24-18)25-21(28)17-10-8-16(9-11-17)20(27)15-6-4-3-5-7-15/h3-11H,2,12-14H2,1H3,(H,24,25,28). The van der Waals surface area contributed by atoms with Gasteiger partial charge in [-0.05, 0) is 19.1 Å². The molecule has 8 heteroatoms. The first-order valence-corrected chi connectivity index (χ1v) is 10.8. The average Bonchev–Trinajstić information content (AvgIpc) is 3.21. The number of nitrogens with one attached hydrogen (secondary N) is 1. The maximum absolute atomic E-state index is 12.6. The molecule has 0 bridgehead atoms. The zero-order valence-electron chi connectivity index (χ0n) is 17.0. The summed E-state index contributed by atoms with van der Waals surface area (Å²) in [5, 5.41) is 3.30. The van der Waals surface area contributed by atoms with E-state index in [0.29, 0.717) is 47.9 Å². The zero-order valence-corrected chi connectivity index (χ0v) is 17.8. The Morgan fingerprint density at radius 2 is 1.71 bits per heavy atom. The normalized spacial score (nSPS) is 12.7. The van der Waals surface area contributed by atoms with Crippen LogP contribution in [0.3, 0.4) is 0 Å². The van der Waals surface area contributed by atoms with Gasteiger partial charge in [-0.2, -0.15) is 0 Å². The van der Waals surface area contributed by atoms with Crippen LogP contribution in [0.4, 0.5) is 9.93 Å². The third-order valence-corrected chi connectivity index (χ3v) is 5.92. The highest BCUT2D eigenvalue weighted by molar-refractivity contribution is 7.15. The highest BCUT2D eigenvalue weighted by atomic mass is 32.1. The number of nitrogens with zero attached hydrogens (tertiary/aromatic N) is 2. The Hall–Kier alpha value is -3.52. The van der Waals surface area contributed by atoms with Crippen LogP contribution in [0.5, 0.6) is 0 Å². The Morgan fingerprint density at radius 3 is 2.42 bits per heavy atom. The van der Waals surface area contributed by atoms with Gasteiger partial charge in [-0.15, -0.1) is 0 Å². The van der Waals surface area contributed by atoms with Gasteiger partial charge in [-0.3, -0.25) is 14.9 Å². The summed E-state index contributed by atoms with van der Waals surface area (Å²) < 4.78 is 5.06. The second kappa shape index (κ2) is 9.09. The smallest absolute Gasteiger partial charge is 0.410 e. The molecular formula is C23H21N3O4S. The molecule has 2 amide bonds. The van der Waals surface area contributed by atoms with Crippen molar-refractivity contribution in [3.05, 3.63) is 81.9 Å². The van der Waals surface area contributed by atoms with Crippen LogP contribution in [-0.4, -0.2) is 40.8 Å². The van der Waals surface area contributed by atoms with E-state index in [1.54, 1.807) is 48.2 Å². The molecule has 4 rings (SSSR count). The number of ketones is 1. The van der Waals surface area contributed by atoms with Crippen LogP contribution >= 0.6 is 11.3 Å². The summed E-state index contributed by atoms with van der Waals surface area (Å²) in [6.07, 6.45) is 0.286. The first-order valence-electron chi connectivity index (χ1n) is 9.96. The van der Waals surface area contributed by atoms with Crippen LogP contribution in [0, 0.1) is 0 Å². The van der Waals surface area contributed by atoms with Crippen molar-refractivity contribution in [3.63, 3.8) is 0 Å². The monoisotopic (exact) mass is 435 g/mol. The minimum atomic E-state index is -0.336. The summed E-state index contributed by atoms with van der Waals surface area (Å²) in [4.78, 5) is 44.1. The molecule has 0 aliphatic carbocycles. The van der Waals surface area contributed by atoms with E-state index in [-0.39, 0.29) is 17.8 Å². The molecule has 0 saturated heterocycles. The Morgan fingerprint density at radius 1 is 1.03 bits per heavy atom. The number of amides is 2. The van der Waals surface area contributed by atoms with Gasteiger partial charge >= 0.3 is 6.09 Å². The third kappa shape index (κ3) is 4.64. The Bertz CT molecular complexity index is 1110. The SMILES string of the molecule is CCOC(=O)N1CCc2nc(NC(=O)c3ccc(C(=O)c4ccccc4)cc3)sc2C1. The maximum atomic E-state index is 12.6. The molecular weight excluding hydrogens is 414 g/mol. The molecule has 7 nitrogen and oxygen atoms in total. The summed E-state index contributed by atoms with van der Waals surface area (Å²) in [5.41, 5.74) is 2.45. The molecule has 0 atom stereocenters. The van der Waals surface area contributed by atoms with Gasteiger partial charge < -0.3 is 9.64 Å². The lowest BCUT2D eigenvalue weighted by Crippen LogP contribution is -2.35. The molecule has 0 fully saturated rings. The van der Waals surface area contributed by atoms with Crippen molar-refractivity contribution < 1.29 is 19.1 Å². The van der Waals surface area contributed by atoms with Crippen LogP contribution in [0.25, 0.3) is 0 Å². The minimum absolute atomic E-state index is 0.0914. The van der Waals surface area contributed by atoms with E-state index < -0.39 is 0 Å². The Kier molecular flexibility index (Phi) is 6.08. The number of hydrogen-bond donors (Lipinski definition) is 1. The minimum Gasteiger partial charge on any atom is -0.450 e. The van der Waals surface area contributed by atoms with E-state index in [2.05, 4.69) is 10.3 Å². The van der Waals surface area contributed by atoms with Crippen LogP contribution in [0.15, 0.2) is 54.6 Å². The maximum Gasteiger partial charge on any atom is 0.410 e. The van der Waals surface area contributed by atoms with Gasteiger partial charge in [-0.1, -0.05) is 53.8 Å². The molecule has 0 spiro atoms. The summed E-state index contributed by atoms with van der Waals surface area (Å²) >= 11 is 1.36. The van der Waals surface area contributed by atoms with Crippen molar-refractivity contribution in [2.75, 3.05) is 18.5 Å². The number of hydrogen-bond acceptors (Lipinski definition) is 6. The zero-order chi connectivity index (χ0) is 21.8. The Labute approximate surface area is 183 Å². The van der Waals surface area contributed by atoms with E-state index in [4.69, 9.17) is 4.74 Å². The van der Waals surface area contributed by atoms with Crippen LogP contribution in [-0.2, 0) is 17.7 Å². The summed E-state index contributed by atoms with van der Waals surface area (Å²) in [7, 11) is 0. The van der Waals surface area contributed by atoms with Crippen molar-refractivity contribution in [1.29, 1.82) is 0 Å². The van der Waals surface area contributed by atoms with Crippen molar-refractivity contribution >= 4 is 34.3 Å². The number of benzene rings is 2. The lowest BCUT2D eigenvalue weighted by molar-refractivity contribution is 0.101. The molecule has 3 aromatic rings.